The summed E-state index contributed by atoms with van der Waals surface area (Å²) >= 11 is 6.02. The van der Waals surface area contributed by atoms with Crippen LogP contribution in [0.5, 0.6) is 0 Å². The summed E-state index contributed by atoms with van der Waals surface area (Å²) in [6.45, 7) is 1.61. The fraction of sp³-hybridized carbons (Fsp3) is 0.273. The third-order valence-corrected chi connectivity index (χ3v) is 5.18. The first-order valence-electron chi connectivity index (χ1n) is 9.54. The lowest BCUT2D eigenvalue weighted by molar-refractivity contribution is -0.139. The van der Waals surface area contributed by atoms with Gasteiger partial charge in [0, 0.05) is 47.7 Å². The van der Waals surface area contributed by atoms with E-state index in [4.69, 9.17) is 16.3 Å². The summed E-state index contributed by atoms with van der Waals surface area (Å²) in [7, 11) is 0. The molecular weight excluding hydrogens is 388 g/mol. The Morgan fingerprint density at radius 2 is 2.00 bits per heavy atom. The number of halogens is 1. The molecule has 1 fully saturated rings. The lowest BCUT2D eigenvalue weighted by Gasteiger charge is -2.32. The Morgan fingerprint density at radius 3 is 2.76 bits per heavy atom. The van der Waals surface area contributed by atoms with Crippen molar-refractivity contribution in [2.45, 2.75) is 18.9 Å². The number of pyridine rings is 1. The molecule has 3 heterocycles. The van der Waals surface area contributed by atoms with Gasteiger partial charge in [0.25, 0.3) is 0 Å². The highest BCUT2D eigenvalue weighted by Gasteiger charge is 2.26. The molecule has 0 saturated carbocycles. The Bertz CT molecular complexity index is 966. The van der Waals surface area contributed by atoms with Gasteiger partial charge in [-0.3, -0.25) is 9.78 Å². The van der Waals surface area contributed by atoms with Gasteiger partial charge in [-0.15, -0.1) is 0 Å². The molecule has 1 aliphatic rings. The number of carbonyl (C=O) groups excluding carboxylic acids is 1. The minimum Gasteiger partial charge on any atom is -0.368 e. The molecule has 0 aliphatic carbocycles. The Kier molecular flexibility index (Phi) is 6.12. The zero-order valence-corrected chi connectivity index (χ0v) is 16.6. The van der Waals surface area contributed by atoms with E-state index in [9.17, 15) is 4.79 Å². The van der Waals surface area contributed by atoms with E-state index in [0.717, 1.165) is 22.4 Å². The van der Waals surface area contributed by atoms with Gasteiger partial charge in [0.1, 0.15) is 12.4 Å². The maximum atomic E-state index is 12.7. The second kappa shape index (κ2) is 9.11. The van der Waals surface area contributed by atoms with E-state index < -0.39 is 0 Å². The summed E-state index contributed by atoms with van der Waals surface area (Å²) in [5.41, 5.74) is 3.74. The normalized spacial score (nSPS) is 16.6. The van der Waals surface area contributed by atoms with Crippen molar-refractivity contribution >= 4 is 17.5 Å². The van der Waals surface area contributed by atoms with Gasteiger partial charge in [-0.05, 0) is 30.2 Å². The second-order valence-electron chi connectivity index (χ2n) is 6.93. The molecule has 6 nitrogen and oxygen atoms in total. The van der Waals surface area contributed by atoms with Crippen molar-refractivity contribution in [1.82, 2.24) is 19.9 Å². The number of hydrogen-bond acceptors (Lipinski definition) is 5. The van der Waals surface area contributed by atoms with Crippen LogP contribution in [-0.4, -0.2) is 45.5 Å². The van der Waals surface area contributed by atoms with Crippen molar-refractivity contribution in [2.75, 3.05) is 19.7 Å². The number of nitrogens with zero attached hydrogens (tertiary/aromatic N) is 4. The van der Waals surface area contributed by atoms with Crippen LogP contribution in [0, 0.1) is 0 Å². The average molecular weight is 409 g/mol. The van der Waals surface area contributed by atoms with Crippen molar-refractivity contribution in [1.29, 1.82) is 0 Å². The Balaban J connectivity index is 1.37. The number of aromatic nitrogens is 3. The molecule has 29 heavy (non-hydrogen) atoms. The first kappa shape index (κ1) is 19.5. The molecule has 4 rings (SSSR count). The maximum absolute atomic E-state index is 12.7. The van der Waals surface area contributed by atoms with E-state index in [1.54, 1.807) is 18.6 Å². The number of rotatable bonds is 5. The number of aryl methyl sites for hydroxylation is 1. The second-order valence-corrected chi connectivity index (χ2v) is 7.36. The van der Waals surface area contributed by atoms with Gasteiger partial charge in [-0.2, -0.15) is 0 Å². The monoisotopic (exact) mass is 408 g/mol. The predicted molar refractivity (Wildman–Crippen MR) is 110 cm³/mol. The number of ether oxygens (including phenoxy) is 1. The zero-order chi connectivity index (χ0) is 20.1. The average Bonchev–Trinajstić information content (AvgIpc) is 2.78. The fourth-order valence-electron chi connectivity index (χ4n) is 3.37. The molecule has 0 N–H and O–H groups in total. The largest absolute Gasteiger partial charge is 0.368 e. The van der Waals surface area contributed by atoms with E-state index in [1.807, 2.05) is 41.3 Å². The van der Waals surface area contributed by atoms with Gasteiger partial charge in [-0.25, -0.2) is 9.97 Å². The van der Waals surface area contributed by atoms with Gasteiger partial charge < -0.3 is 9.64 Å². The van der Waals surface area contributed by atoms with Crippen molar-refractivity contribution < 1.29 is 9.53 Å². The van der Waals surface area contributed by atoms with Crippen LogP contribution in [0.25, 0.3) is 11.1 Å². The minimum absolute atomic E-state index is 0.122. The number of benzene rings is 1. The summed E-state index contributed by atoms with van der Waals surface area (Å²) in [6.07, 6.45) is 7.69. The molecule has 0 unspecified atom stereocenters. The van der Waals surface area contributed by atoms with Crippen molar-refractivity contribution in [3.8, 4) is 11.1 Å². The first-order valence-corrected chi connectivity index (χ1v) is 9.92. The third-order valence-electron chi connectivity index (χ3n) is 4.95. The predicted octanol–water partition coefficient (Wildman–Crippen LogP) is 3.72. The Hall–Kier alpha value is -2.83. The molecule has 0 radical (unpaired) electrons. The Labute approximate surface area is 174 Å². The molecule has 3 aromatic rings. The standard InChI is InChI=1S/C22H21ClN4O2/c23-19-3-1-2-16(10-19)4-7-22(28)27-8-9-29-21(14-27)20-6-5-17(13-26-20)18-11-24-15-25-12-18/h1-3,5-6,10-13,15,21H,4,7-9,14H2/t21-/m0/s1. The molecular formula is C22H21ClN4O2. The topological polar surface area (TPSA) is 68.2 Å². The SMILES string of the molecule is O=C(CCc1cccc(Cl)c1)N1CCO[C@H](c2ccc(-c3cncnc3)cn2)C1. The van der Waals surface area contributed by atoms with Crippen LogP contribution in [0.1, 0.15) is 23.8 Å². The van der Waals surface area contributed by atoms with E-state index >= 15 is 0 Å². The molecule has 1 saturated heterocycles. The van der Waals surface area contributed by atoms with Gasteiger partial charge >= 0.3 is 0 Å². The van der Waals surface area contributed by atoms with Crippen LogP contribution in [-0.2, 0) is 16.0 Å². The highest BCUT2D eigenvalue weighted by atomic mass is 35.5. The van der Waals surface area contributed by atoms with Gasteiger partial charge in [0.15, 0.2) is 0 Å². The van der Waals surface area contributed by atoms with Crippen LogP contribution in [0.15, 0.2) is 61.3 Å². The highest BCUT2D eigenvalue weighted by Crippen LogP contribution is 2.24. The van der Waals surface area contributed by atoms with Gasteiger partial charge in [-0.1, -0.05) is 29.8 Å². The van der Waals surface area contributed by atoms with Crippen molar-refractivity contribution in [2.24, 2.45) is 0 Å². The minimum atomic E-state index is -0.222. The number of carbonyl (C=O) groups is 1. The summed E-state index contributed by atoms with van der Waals surface area (Å²) in [5, 5.41) is 0.693. The van der Waals surface area contributed by atoms with Crippen LogP contribution in [0.3, 0.4) is 0 Å². The van der Waals surface area contributed by atoms with E-state index in [-0.39, 0.29) is 12.0 Å². The molecule has 1 aliphatic heterocycles. The zero-order valence-electron chi connectivity index (χ0n) is 15.9. The summed E-state index contributed by atoms with van der Waals surface area (Å²) in [6, 6.07) is 11.5. The third kappa shape index (κ3) is 4.96. The number of morpholine rings is 1. The molecule has 0 bridgehead atoms. The lowest BCUT2D eigenvalue weighted by Crippen LogP contribution is -2.42. The molecule has 7 heteroatoms. The maximum Gasteiger partial charge on any atom is 0.223 e. The quantitative estimate of drug-likeness (QED) is 0.643. The van der Waals surface area contributed by atoms with Gasteiger partial charge in [0.05, 0.1) is 18.8 Å². The van der Waals surface area contributed by atoms with E-state index in [0.29, 0.717) is 37.6 Å². The van der Waals surface area contributed by atoms with Crippen LogP contribution >= 0.6 is 11.6 Å². The Morgan fingerprint density at radius 1 is 1.14 bits per heavy atom. The molecule has 148 valence electrons. The van der Waals surface area contributed by atoms with Crippen molar-refractivity contribution in [3.63, 3.8) is 0 Å². The summed E-state index contributed by atoms with van der Waals surface area (Å²) < 4.78 is 5.87. The summed E-state index contributed by atoms with van der Waals surface area (Å²) in [5.74, 6) is 0.122. The number of amides is 1. The first-order chi connectivity index (χ1) is 14.2. The van der Waals surface area contributed by atoms with Gasteiger partial charge in [0.2, 0.25) is 5.91 Å². The molecule has 2 aromatic heterocycles. The fourth-order valence-corrected chi connectivity index (χ4v) is 3.58. The van der Waals surface area contributed by atoms with Crippen LogP contribution < -0.4 is 0 Å². The van der Waals surface area contributed by atoms with Crippen LogP contribution in [0.2, 0.25) is 5.02 Å². The van der Waals surface area contributed by atoms with Crippen LogP contribution in [0.4, 0.5) is 0 Å². The molecule has 0 spiro atoms. The number of hydrogen-bond donors (Lipinski definition) is 0. The van der Waals surface area contributed by atoms with E-state index in [1.165, 1.54) is 6.33 Å². The summed E-state index contributed by atoms with van der Waals surface area (Å²) in [4.78, 5) is 27.1. The smallest absolute Gasteiger partial charge is 0.223 e. The van der Waals surface area contributed by atoms with Crippen molar-refractivity contribution in [3.05, 3.63) is 77.6 Å². The molecule has 1 amide bonds. The molecule has 1 atom stereocenters. The molecule has 1 aromatic carbocycles. The lowest BCUT2D eigenvalue weighted by atomic mass is 10.1. The highest BCUT2D eigenvalue weighted by molar-refractivity contribution is 6.30. The van der Waals surface area contributed by atoms with E-state index in [2.05, 4.69) is 15.0 Å².